The number of nitro groups is 1. The maximum atomic E-state index is 10.9. The lowest BCUT2D eigenvalue weighted by atomic mass is 10.1. The third-order valence-electron chi connectivity index (χ3n) is 3.00. The summed E-state index contributed by atoms with van der Waals surface area (Å²) in [5.74, 6) is 0.680. The molecule has 0 aliphatic rings. The molecule has 3 N–H and O–H groups in total. The maximum absolute atomic E-state index is 10.9. The Morgan fingerprint density at radius 3 is 2.95 bits per heavy atom. The van der Waals surface area contributed by atoms with Crippen LogP contribution in [0.4, 0.5) is 5.69 Å². The number of rotatable bonds is 5. The Morgan fingerprint density at radius 2 is 2.30 bits per heavy atom. The van der Waals surface area contributed by atoms with Gasteiger partial charge in [0.15, 0.2) is 0 Å². The number of hydrogen-bond acceptors (Lipinski definition) is 4. The highest BCUT2D eigenvalue weighted by Crippen LogP contribution is 2.30. The minimum Gasteiger partial charge on any atom is -0.341 e. The Kier molecular flexibility index (Phi) is 4.36. The van der Waals surface area contributed by atoms with Gasteiger partial charge in [0.05, 0.1) is 22.9 Å². The molecule has 2 rings (SSSR count). The summed E-state index contributed by atoms with van der Waals surface area (Å²) in [4.78, 5) is 17.7. The molecule has 1 aromatic heterocycles. The summed E-state index contributed by atoms with van der Waals surface area (Å²) in [5, 5.41) is 11.0. The fourth-order valence-corrected chi connectivity index (χ4v) is 2.13. The number of nitro benzene ring substituents is 1. The van der Waals surface area contributed by atoms with Crippen LogP contribution in [0.25, 0.3) is 11.3 Å². The van der Waals surface area contributed by atoms with Gasteiger partial charge in [-0.15, -0.1) is 0 Å². The van der Waals surface area contributed by atoms with E-state index in [1.165, 1.54) is 12.1 Å². The molecule has 0 aliphatic heterocycles. The van der Waals surface area contributed by atoms with E-state index < -0.39 is 4.92 Å². The summed E-state index contributed by atoms with van der Waals surface area (Å²) in [6.07, 6.45) is 3.41. The molecule has 0 bridgehead atoms. The molecule has 6 nitrogen and oxygen atoms in total. The van der Waals surface area contributed by atoms with Gasteiger partial charge in [-0.25, -0.2) is 4.98 Å². The number of aromatic nitrogens is 2. The van der Waals surface area contributed by atoms with Crippen LogP contribution in [-0.2, 0) is 0 Å². The quantitative estimate of drug-likeness (QED) is 0.652. The highest BCUT2D eigenvalue weighted by Gasteiger charge is 2.15. The molecule has 2 aromatic rings. The van der Waals surface area contributed by atoms with Crippen LogP contribution in [-0.4, -0.2) is 14.9 Å². The van der Waals surface area contributed by atoms with Gasteiger partial charge in [-0.05, 0) is 12.5 Å². The van der Waals surface area contributed by atoms with Crippen LogP contribution in [0.5, 0.6) is 0 Å². The summed E-state index contributed by atoms with van der Waals surface area (Å²) < 4.78 is 0. The van der Waals surface area contributed by atoms with E-state index in [2.05, 4.69) is 9.97 Å². The standard InChI is InChI=1S/C13H15ClN4O2/c1-2-3-10(15)13-16-7-11(17-13)8-4-5-9(14)12(6-8)18(19)20/h4-7,10H,2-3,15H2,1H3,(H,16,17). The monoisotopic (exact) mass is 294 g/mol. The van der Waals surface area contributed by atoms with Crippen LogP contribution in [0.2, 0.25) is 5.02 Å². The van der Waals surface area contributed by atoms with E-state index in [9.17, 15) is 10.1 Å². The van der Waals surface area contributed by atoms with Crippen molar-refractivity contribution in [2.75, 3.05) is 0 Å². The maximum Gasteiger partial charge on any atom is 0.288 e. The van der Waals surface area contributed by atoms with E-state index in [-0.39, 0.29) is 16.8 Å². The van der Waals surface area contributed by atoms with Gasteiger partial charge in [-0.3, -0.25) is 10.1 Å². The van der Waals surface area contributed by atoms with Crippen molar-refractivity contribution in [3.8, 4) is 11.3 Å². The van der Waals surface area contributed by atoms with Crippen molar-refractivity contribution in [1.29, 1.82) is 0 Å². The molecule has 0 saturated heterocycles. The van der Waals surface area contributed by atoms with Gasteiger partial charge in [0.25, 0.3) is 5.69 Å². The molecule has 1 heterocycles. The Bertz CT molecular complexity index is 627. The zero-order valence-corrected chi connectivity index (χ0v) is 11.7. The van der Waals surface area contributed by atoms with Gasteiger partial charge in [-0.2, -0.15) is 0 Å². The van der Waals surface area contributed by atoms with Gasteiger partial charge in [-0.1, -0.05) is 31.0 Å². The predicted molar refractivity (Wildman–Crippen MR) is 77.5 cm³/mol. The highest BCUT2D eigenvalue weighted by atomic mass is 35.5. The van der Waals surface area contributed by atoms with Crippen molar-refractivity contribution in [2.24, 2.45) is 5.73 Å². The van der Waals surface area contributed by atoms with E-state index >= 15 is 0 Å². The molecule has 7 heteroatoms. The summed E-state index contributed by atoms with van der Waals surface area (Å²) >= 11 is 5.79. The summed E-state index contributed by atoms with van der Waals surface area (Å²) in [6.45, 7) is 2.05. The molecule has 0 amide bonds. The van der Waals surface area contributed by atoms with Crippen LogP contribution < -0.4 is 5.73 Å². The molecule has 106 valence electrons. The largest absolute Gasteiger partial charge is 0.341 e. The van der Waals surface area contributed by atoms with Crippen LogP contribution in [0, 0.1) is 10.1 Å². The molecule has 20 heavy (non-hydrogen) atoms. The molecule has 0 radical (unpaired) electrons. The molecular formula is C13H15ClN4O2. The van der Waals surface area contributed by atoms with Crippen molar-refractivity contribution < 1.29 is 4.92 Å². The van der Waals surface area contributed by atoms with Crippen LogP contribution in [0.3, 0.4) is 0 Å². The first-order valence-corrected chi connectivity index (χ1v) is 6.65. The van der Waals surface area contributed by atoms with E-state index in [1.807, 2.05) is 6.92 Å². The number of nitrogens with zero attached hydrogens (tertiary/aromatic N) is 2. The molecule has 0 saturated carbocycles. The number of imidazole rings is 1. The van der Waals surface area contributed by atoms with Gasteiger partial charge in [0.2, 0.25) is 0 Å². The van der Waals surface area contributed by atoms with Crippen molar-refractivity contribution in [1.82, 2.24) is 9.97 Å². The average Bonchev–Trinajstić information content (AvgIpc) is 2.89. The molecule has 0 spiro atoms. The lowest BCUT2D eigenvalue weighted by Gasteiger charge is -2.06. The molecular weight excluding hydrogens is 280 g/mol. The first kappa shape index (κ1) is 14.5. The summed E-state index contributed by atoms with van der Waals surface area (Å²) in [5.41, 5.74) is 7.19. The zero-order valence-electron chi connectivity index (χ0n) is 11.0. The zero-order chi connectivity index (χ0) is 14.7. The molecule has 1 unspecified atom stereocenters. The van der Waals surface area contributed by atoms with E-state index in [0.29, 0.717) is 17.1 Å². The predicted octanol–water partition coefficient (Wildman–Crippen LogP) is 3.44. The second-order valence-corrected chi connectivity index (χ2v) is 4.91. The van der Waals surface area contributed by atoms with Crippen molar-refractivity contribution in [3.63, 3.8) is 0 Å². The number of nitrogens with one attached hydrogen (secondary N) is 1. The van der Waals surface area contributed by atoms with Crippen LogP contribution in [0.1, 0.15) is 31.6 Å². The normalized spacial score (nSPS) is 12.3. The highest BCUT2D eigenvalue weighted by molar-refractivity contribution is 6.32. The number of aromatic amines is 1. The van der Waals surface area contributed by atoms with Crippen molar-refractivity contribution >= 4 is 17.3 Å². The third-order valence-corrected chi connectivity index (χ3v) is 3.32. The average molecular weight is 295 g/mol. The molecule has 1 aromatic carbocycles. The Labute approximate surface area is 121 Å². The number of nitrogens with two attached hydrogens (primary N) is 1. The number of benzene rings is 1. The van der Waals surface area contributed by atoms with Crippen LogP contribution >= 0.6 is 11.6 Å². The Balaban J connectivity index is 2.33. The SMILES string of the molecule is CCCC(N)c1ncc(-c2ccc(Cl)c([N+](=O)[O-])c2)[nH]1. The minimum absolute atomic E-state index is 0.112. The fraction of sp³-hybridized carbons (Fsp3) is 0.308. The lowest BCUT2D eigenvalue weighted by Crippen LogP contribution is -2.11. The number of hydrogen-bond donors (Lipinski definition) is 2. The van der Waals surface area contributed by atoms with Crippen molar-refractivity contribution in [3.05, 3.63) is 45.4 Å². The van der Waals surface area contributed by atoms with Gasteiger partial charge in [0, 0.05) is 11.6 Å². The first-order valence-electron chi connectivity index (χ1n) is 6.27. The first-order chi connectivity index (χ1) is 9.52. The molecule has 0 fully saturated rings. The topological polar surface area (TPSA) is 97.8 Å². The molecule has 1 atom stereocenters. The van der Waals surface area contributed by atoms with Gasteiger partial charge < -0.3 is 10.7 Å². The van der Waals surface area contributed by atoms with Crippen LogP contribution in [0.15, 0.2) is 24.4 Å². The smallest absolute Gasteiger partial charge is 0.288 e. The van der Waals surface area contributed by atoms with Crippen molar-refractivity contribution in [2.45, 2.75) is 25.8 Å². The second-order valence-electron chi connectivity index (χ2n) is 4.50. The van der Waals surface area contributed by atoms with E-state index in [4.69, 9.17) is 17.3 Å². The summed E-state index contributed by atoms with van der Waals surface area (Å²) in [6, 6.07) is 4.47. The molecule has 0 aliphatic carbocycles. The lowest BCUT2D eigenvalue weighted by molar-refractivity contribution is -0.384. The number of H-pyrrole nitrogens is 1. The van der Waals surface area contributed by atoms with E-state index in [0.717, 1.165) is 12.8 Å². The Hall–Kier alpha value is -1.92. The van der Waals surface area contributed by atoms with Gasteiger partial charge >= 0.3 is 0 Å². The van der Waals surface area contributed by atoms with E-state index in [1.54, 1.807) is 12.3 Å². The minimum atomic E-state index is -0.508. The third kappa shape index (κ3) is 2.97. The summed E-state index contributed by atoms with van der Waals surface area (Å²) in [7, 11) is 0. The number of halogens is 1. The van der Waals surface area contributed by atoms with Gasteiger partial charge in [0.1, 0.15) is 10.8 Å². The fourth-order valence-electron chi connectivity index (χ4n) is 1.94. The Morgan fingerprint density at radius 1 is 1.55 bits per heavy atom. The second kappa shape index (κ2) is 6.02.